The summed E-state index contributed by atoms with van der Waals surface area (Å²) in [4.78, 5) is 15.0. The lowest BCUT2D eigenvalue weighted by molar-refractivity contribution is -0.131. The van der Waals surface area contributed by atoms with Gasteiger partial charge >= 0.3 is 5.97 Å². The Labute approximate surface area is 112 Å². The van der Waals surface area contributed by atoms with Crippen molar-refractivity contribution in [2.75, 3.05) is 0 Å². The minimum atomic E-state index is -0.911. The summed E-state index contributed by atoms with van der Waals surface area (Å²) < 4.78 is 0. The van der Waals surface area contributed by atoms with Gasteiger partial charge < -0.3 is 5.11 Å². The maximum Gasteiger partial charge on any atom is 0.328 e. The van der Waals surface area contributed by atoms with Gasteiger partial charge in [-0.2, -0.15) is 0 Å². The molecule has 0 aliphatic heterocycles. The van der Waals surface area contributed by atoms with Crippen molar-refractivity contribution in [3.8, 4) is 11.3 Å². The van der Waals surface area contributed by atoms with E-state index in [2.05, 4.69) is 4.98 Å². The smallest absolute Gasteiger partial charge is 0.328 e. The molecule has 0 saturated heterocycles. The van der Waals surface area contributed by atoms with Crippen molar-refractivity contribution in [1.82, 2.24) is 4.98 Å². The van der Waals surface area contributed by atoms with Crippen molar-refractivity contribution < 1.29 is 9.90 Å². The molecule has 19 heavy (non-hydrogen) atoms. The number of hydrogen-bond acceptors (Lipinski definition) is 2. The molecule has 1 heterocycles. The highest BCUT2D eigenvalue weighted by Crippen LogP contribution is 2.22. The second-order valence-electron chi connectivity index (χ2n) is 4.15. The molecule has 0 aliphatic rings. The average Bonchev–Trinajstić information content (AvgIpc) is 2.46. The molecule has 0 spiro atoms. The normalized spacial score (nSPS) is 11.3. The van der Waals surface area contributed by atoms with Crippen molar-refractivity contribution in [1.29, 1.82) is 0 Å². The molecule has 1 aromatic heterocycles. The van der Waals surface area contributed by atoms with Crippen LogP contribution < -0.4 is 0 Å². The number of rotatable bonds is 4. The van der Waals surface area contributed by atoms with Gasteiger partial charge in [-0.25, -0.2) is 4.79 Å². The number of benzene rings is 1. The second kappa shape index (κ2) is 5.96. The zero-order valence-electron chi connectivity index (χ0n) is 10.7. The van der Waals surface area contributed by atoms with E-state index in [0.29, 0.717) is 6.42 Å². The highest BCUT2D eigenvalue weighted by Gasteiger charge is 2.03. The molecule has 96 valence electrons. The van der Waals surface area contributed by atoms with E-state index in [1.54, 1.807) is 6.20 Å². The quantitative estimate of drug-likeness (QED) is 0.846. The summed E-state index contributed by atoms with van der Waals surface area (Å²) in [5, 5.41) is 8.82. The SMILES string of the molecule is CC/C(=C\C(=O)O)c1ccc(-c2ccccn2)cc1. The van der Waals surface area contributed by atoms with E-state index in [4.69, 9.17) is 5.11 Å². The molecule has 1 N–H and O–H groups in total. The first kappa shape index (κ1) is 13.0. The molecule has 2 rings (SSSR count). The van der Waals surface area contributed by atoms with Crippen LogP contribution in [0.5, 0.6) is 0 Å². The predicted octanol–water partition coefficient (Wildman–Crippen LogP) is 3.63. The number of carbonyl (C=O) groups is 1. The zero-order valence-corrected chi connectivity index (χ0v) is 10.7. The third-order valence-electron chi connectivity index (χ3n) is 2.89. The third kappa shape index (κ3) is 3.28. The minimum Gasteiger partial charge on any atom is -0.478 e. The molecule has 2 aromatic rings. The van der Waals surface area contributed by atoms with E-state index >= 15 is 0 Å². The second-order valence-corrected chi connectivity index (χ2v) is 4.15. The van der Waals surface area contributed by atoms with E-state index in [0.717, 1.165) is 22.4 Å². The van der Waals surface area contributed by atoms with Crippen molar-refractivity contribution >= 4 is 11.5 Å². The van der Waals surface area contributed by atoms with Gasteiger partial charge in [0.2, 0.25) is 0 Å². The number of aliphatic carboxylic acids is 1. The third-order valence-corrected chi connectivity index (χ3v) is 2.89. The number of carboxylic acids is 1. The Morgan fingerprint density at radius 1 is 1.21 bits per heavy atom. The summed E-state index contributed by atoms with van der Waals surface area (Å²) in [5.41, 5.74) is 3.69. The van der Waals surface area contributed by atoms with Gasteiger partial charge in [-0.15, -0.1) is 0 Å². The molecular formula is C16H15NO2. The molecular weight excluding hydrogens is 238 g/mol. The number of nitrogens with zero attached hydrogens (tertiary/aromatic N) is 1. The lowest BCUT2D eigenvalue weighted by atomic mass is 10.0. The van der Waals surface area contributed by atoms with E-state index < -0.39 is 5.97 Å². The highest BCUT2D eigenvalue weighted by atomic mass is 16.4. The molecule has 0 saturated carbocycles. The Bertz CT molecular complexity index is 586. The Balaban J connectivity index is 2.31. The monoisotopic (exact) mass is 253 g/mol. The Morgan fingerprint density at radius 3 is 2.47 bits per heavy atom. The van der Waals surface area contributed by atoms with Crippen LogP contribution in [0.3, 0.4) is 0 Å². The van der Waals surface area contributed by atoms with Gasteiger partial charge in [0.25, 0.3) is 0 Å². The van der Waals surface area contributed by atoms with E-state index in [1.165, 1.54) is 6.08 Å². The van der Waals surface area contributed by atoms with Crippen molar-refractivity contribution in [3.63, 3.8) is 0 Å². The molecule has 0 fully saturated rings. The number of hydrogen-bond donors (Lipinski definition) is 1. The van der Waals surface area contributed by atoms with Gasteiger partial charge in [0.05, 0.1) is 5.69 Å². The van der Waals surface area contributed by atoms with Crippen LogP contribution in [0.15, 0.2) is 54.7 Å². The van der Waals surface area contributed by atoms with Crippen LogP contribution in [0.4, 0.5) is 0 Å². The summed E-state index contributed by atoms with van der Waals surface area (Å²) in [5.74, 6) is -0.911. The van der Waals surface area contributed by atoms with Crippen LogP contribution in [0.1, 0.15) is 18.9 Å². The number of pyridine rings is 1. The molecule has 0 radical (unpaired) electrons. The molecule has 0 atom stereocenters. The average molecular weight is 253 g/mol. The maximum absolute atomic E-state index is 10.7. The Kier molecular flexibility index (Phi) is 4.08. The van der Waals surface area contributed by atoms with Crippen molar-refractivity contribution in [2.24, 2.45) is 0 Å². The predicted molar refractivity (Wildman–Crippen MR) is 75.6 cm³/mol. The fraction of sp³-hybridized carbons (Fsp3) is 0.125. The molecule has 0 aliphatic carbocycles. The first-order valence-corrected chi connectivity index (χ1v) is 6.16. The van der Waals surface area contributed by atoms with Gasteiger partial charge in [0.1, 0.15) is 0 Å². The number of carboxylic acid groups (broad SMARTS) is 1. The van der Waals surface area contributed by atoms with Gasteiger partial charge in [-0.05, 0) is 29.7 Å². The molecule has 3 nitrogen and oxygen atoms in total. The first-order chi connectivity index (χ1) is 9.20. The van der Waals surface area contributed by atoms with Gasteiger partial charge in [0, 0.05) is 17.8 Å². The zero-order chi connectivity index (χ0) is 13.7. The van der Waals surface area contributed by atoms with E-state index in [-0.39, 0.29) is 0 Å². The molecule has 0 unspecified atom stereocenters. The summed E-state index contributed by atoms with van der Waals surface area (Å²) in [7, 11) is 0. The van der Waals surface area contributed by atoms with Crippen LogP contribution in [0.2, 0.25) is 0 Å². The summed E-state index contributed by atoms with van der Waals surface area (Å²) in [6, 6.07) is 13.6. The standard InChI is InChI=1S/C16H15NO2/c1-2-12(11-16(18)19)13-6-8-14(9-7-13)15-5-3-4-10-17-15/h3-11H,2H2,1H3,(H,18,19)/b12-11+. The summed E-state index contributed by atoms with van der Waals surface area (Å²) in [6.45, 7) is 1.95. The van der Waals surface area contributed by atoms with Gasteiger partial charge in [0.15, 0.2) is 0 Å². The highest BCUT2D eigenvalue weighted by molar-refractivity contribution is 5.90. The van der Waals surface area contributed by atoms with E-state index in [9.17, 15) is 4.79 Å². The topological polar surface area (TPSA) is 50.2 Å². The van der Waals surface area contributed by atoms with Crippen LogP contribution >= 0.6 is 0 Å². The fourth-order valence-electron chi connectivity index (χ4n) is 1.93. The number of aromatic nitrogens is 1. The first-order valence-electron chi connectivity index (χ1n) is 6.16. The van der Waals surface area contributed by atoms with Crippen LogP contribution in [0, 0.1) is 0 Å². The van der Waals surface area contributed by atoms with Gasteiger partial charge in [-0.3, -0.25) is 4.98 Å². The summed E-state index contributed by atoms with van der Waals surface area (Å²) >= 11 is 0. The Morgan fingerprint density at radius 2 is 1.95 bits per heavy atom. The molecule has 0 bridgehead atoms. The maximum atomic E-state index is 10.7. The number of allylic oxidation sites excluding steroid dienone is 1. The van der Waals surface area contributed by atoms with Crippen LogP contribution in [-0.4, -0.2) is 16.1 Å². The lowest BCUT2D eigenvalue weighted by Gasteiger charge is -2.06. The minimum absolute atomic E-state index is 0.690. The van der Waals surface area contributed by atoms with Crippen LogP contribution in [-0.2, 0) is 4.79 Å². The fourth-order valence-corrected chi connectivity index (χ4v) is 1.93. The lowest BCUT2D eigenvalue weighted by Crippen LogP contribution is -1.92. The van der Waals surface area contributed by atoms with Crippen molar-refractivity contribution in [2.45, 2.75) is 13.3 Å². The molecule has 3 heteroatoms. The van der Waals surface area contributed by atoms with Crippen molar-refractivity contribution in [3.05, 3.63) is 60.3 Å². The molecule has 0 amide bonds. The summed E-state index contributed by atoms with van der Waals surface area (Å²) in [6.07, 6.45) is 3.70. The van der Waals surface area contributed by atoms with Crippen LogP contribution in [0.25, 0.3) is 16.8 Å². The van der Waals surface area contributed by atoms with Gasteiger partial charge in [-0.1, -0.05) is 37.3 Å². The largest absolute Gasteiger partial charge is 0.478 e. The van der Waals surface area contributed by atoms with E-state index in [1.807, 2.05) is 49.4 Å². The Hall–Kier alpha value is -2.42. The molecule has 1 aromatic carbocycles.